The summed E-state index contributed by atoms with van der Waals surface area (Å²) in [6, 6.07) is -0.823. The second-order valence-corrected chi connectivity index (χ2v) is 11.2. The standard InChI is InChI=1S/C29H48N2O5/c1-10-13-14-15-21(11-2)17-24(26(33)35-12-3)31-25(32)22(18-23-16-20(4)29(23,8)9)19-30-27(34)36-28(5,6)7/h10-11,13-15,20,22-24H,12,16-19H2,1-9H3,(H,30,34)(H,31,32)/b13-10-,15-14-,21-11+/t20-,22?,23-,24+/m1/s1. The molecule has 0 bridgehead atoms. The molecule has 1 saturated carbocycles. The lowest BCUT2D eigenvalue weighted by Gasteiger charge is -2.52. The van der Waals surface area contributed by atoms with Crippen LogP contribution in [-0.2, 0) is 19.1 Å². The minimum absolute atomic E-state index is 0.112. The molecule has 0 saturated heterocycles. The number of ether oxygens (including phenoxy) is 2. The minimum atomic E-state index is -0.823. The second-order valence-electron chi connectivity index (χ2n) is 11.2. The van der Waals surface area contributed by atoms with Gasteiger partial charge in [-0.25, -0.2) is 9.59 Å². The fraction of sp³-hybridized carbons (Fsp3) is 0.690. The Morgan fingerprint density at radius 3 is 2.31 bits per heavy atom. The first-order valence-corrected chi connectivity index (χ1v) is 13.1. The lowest BCUT2D eigenvalue weighted by atomic mass is 9.53. The summed E-state index contributed by atoms with van der Waals surface area (Å²) in [6.45, 7) is 18.0. The van der Waals surface area contributed by atoms with Gasteiger partial charge in [-0.2, -0.15) is 0 Å². The molecule has 1 fully saturated rings. The van der Waals surface area contributed by atoms with Crippen molar-refractivity contribution in [1.82, 2.24) is 10.6 Å². The molecule has 2 N–H and O–H groups in total. The van der Waals surface area contributed by atoms with Crippen molar-refractivity contribution in [2.24, 2.45) is 23.2 Å². The van der Waals surface area contributed by atoms with E-state index in [9.17, 15) is 14.4 Å². The third kappa shape index (κ3) is 10.2. The van der Waals surface area contributed by atoms with E-state index in [0.717, 1.165) is 12.0 Å². The van der Waals surface area contributed by atoms with Gasteiger partial charge in [-0.3, -0.25) is 4.79 Å². The Hall–Kier alpha value is -2.57. The number of amides is 2. The Morgan fingerprint density at radius 1 is 1.14 bits per heavy atom. The summed E-state index contributed by atoms with van der Waals surface area (Å²) in [5, 5.41) is 5.68. The Bertz CT molecular complexity index is 835. The molecule has 1 rings (SSSR count). The fourth-order valence-electron chi connectivity index (χ4n) is 4.36. The van der Waals surface area contributed by atoms with Crippen LogP contribution in [-0.4, -0.2) is 42.8 Å². The van der Waals surface area contributed by atoms with Crippen LogP contribution in [0.25, 0.3) is 0 Å². The van der Waals surface area contributed by atoms with Crippen molar-refractivity contribution in [2.45, 2.75) is 93.2 Å². The maximum Gasteiger partial charge on any atom is 0.407 e. The maximum absolute atomic E-state index is 13.5. The van der Waals surface area contributed by atoms with E-state index in [4.69, 9.17) is 9.47 Å². The molecular formula is C29H48N2O5. The van der Waals surface area contributed by atoms with Crippen LogP contribution in [0, 0.1) is 23.2 Å². The zero-order valence-corrected chi connectivity index (χ0v) is 23.8. The lowest BCUT2D eigenvalue weighted by Crippen LogP contribution is -2.50. The van der Waals surface area contributed by atoms with E-state index >= 15 is 0 Å². The predicted octanol–water partition coefficient (Wildman–Crippen LogP) is 5.72. The Morgan fingerprint density at radius 2 is 1.81 bits per heavy atom. The van der Waals surface area contributed by atoms with E-state index in [0.29, 0.717) is 24.7 Å². The van der Waals surface area contributed by atoms with Crippen LogP contribution in [0.4, 0.5) is 4.79 Å². The summed E-state index contributed by atoms with van der Waals surface area (Å²) in [7, 11) is 0. The highest BCUT2D eigenvalue weighted by molar-refractivity contribution is 5.86. The number of carbonyl (C=O) groups is 3. The van der Waals surface area contributed by atoms with Gasteiger partial charge in [0.05, 0.1) is 12.5 Å². The molecule has 0 aliphatic heterocycles. The molecule has 0 aromatic carbocycles. The van der Waals surface area contributed by atoms with Crippen LogP contribution in [0.3, 0.4) is 0 Å². The number of esters is 1. The molecule has 4 atom stereocenters. The van der Waals surface area contributed by atoms with Crippen molar-refractivity contribution >= 4 is 18.0 Å². The van der Waals surface area contributed by atoms with Gasteiger partial charge in [-0.15, -0.1) is 0 Å². The van der Waals surface area contributed by atoms with Gasteiger partial charge in [0.2, 0.25) is 5.91 Å². The number of carbonyl (C=O) groups excluding carboxylic acids is 3. The predicted molar refractivity (Wildman–Crippen MR) is 144 cm³/mol. The van der Waals surface area contributed by atoms with Crippen molar-refractivity contribution in [3.05, 3.63) is 36.0 Å². The third-order valence-corrected chi connectivity index (χ3v) is 7.10. The number of allylic oxidation sites excluding steroid dienone is 5. The first-order valence-electron chi connectivity index (χ1n) is 13.1. The molecule has 7 heteroatoms. The van der Waals surface area contributed by atoms with E-state index in [1.807, 2.05) is 44.2 Å². The van der Waals surface area contributed by atoms with Gasteiger partial charge in [-0.1, -0.05) is 51.2 Å². The van der Waals surface area contributed by atoms with Crippen LogP contribution in [0.1, 0.15) is 81.6 Å². The van der Waals surface area contributed by atoms with Crippen LogP contribution in [0.15, 0.2) is 36.0 Å². The average molecular weight is 505 g/mol. The molecule has 0 aromatic rings. The fourth-order valence-corrected chi connectivity index (χ4v) is 4.36. The van der Waals surface area contributed by atoms with Crippen LogP contribution >= 0.6 is 0 Å². The molecule has 0 spiro atoms. The molecule has 0 aromatic heterocycles. The highest BCUT2D eigenvalue weighted by atomic mass is 16.6. The molecule has 36 heavy (non-hydrogen) atoms. The normalized spacial score (nSPS) is 21.5. The molecule has 1 aliphatic rings. The van der Waals surface area contributed by atoms with Crippen LogP contribution in [0.5, 0.6) is 0 Å². The van der Waals surface area contributed by atoms with Gasteiger partial charge >= 0.3 is 12.1 Å². The van der Waals surface area contributed by atoms with Gasteiger partial charge in [-0.05, 0) is 77.2 Å². The minimum Gasteiger partial charge on any atom is -0.464 e. The SMILES string of the molecule is C\C=C/C=C\C(=C/C)C[C@H](NC(=O)C(CNC(=O)OC(C)(C)C)C[C@H]1C[C@@H](C)C1(C)C)C(=O)OCC. The Labute approximate surface area is 218 Å². The third-order valence-electron chi connectivity index (χ3n) is 7.10. The monoisotopic (exact) mass is 504 g/mol. The molecule has 0 heterocycles. The molecule has 2 amide bonds. The second kappa shape index (κ2) is 14.2. The van der Waals surface area contributed by atoms with Crippen molar-refractivity contribution < 1.29 is 23.9 Å². The molecule has 1 unspecified atom stereocenters. The summed E-state index contributed by atoms with van der Waals surface area (Å²) in [5.74, 6) is -0.328. The summed E-state index contributed by atoms with van der Waals surface area (Å²) >= 11 is 0. The zero-order chi connectivity index (χ0) is 27.5. The number of rotatable bonds is 12. The number of hydrogen-bond acceptors (Lipinski definition) is 5. The van der Waals surface area contributed by atoms with Crippen molar-refractivity contribution in [3.8, 4) is 0 Å². The van der Waals surface area contributed by atoms with Gasteiger partial charge in [0.25, 0.3) is 0 Å². The first kappa shape index (κ1) is 31.5. The van der Waals surface area contributed by atoms with Crippen LogP contribution in [0.2, 0.25) is 0 Å². The molecular weight excluding hydrogens is 456 g/mol. The van der Waals surface area contributed by atoms with Crippen molar-refractivity contribution in [1.29, 1.82) is 0 Å². The highest BCUT2D eigenvalue weighted by Gasteiger charge is 2.46. The van der Waals surface area contributed by atoms with Crippen molar-refractivity contribution in [3.63, 3.8) is 0 Å². The van der Waals surface area contributed by atoms with E-state index in [1.54, 1.807) is 27.7 Å². The summed E-state index contributed by atoms with van der Waals surface area (Å²) in [6.07, 6.45) is 10.9. The summed E-state index contributed by atoms with van der Waals surface area (Å²) < 4.78 is 10.6. The Kier molecular flexibility index (Phi) is 12.4. The van der Waals surface area contributed by atoms with Gasteiger partial charge in [0, 0.05) is 13.0 Å². The van der Waals surface area contributed by atoms with Crippen molar-refractivity contribution in [2.75, 3.05) is 13.2 Å². The van der Waals surface area contributed by atoms with E-state index in [2.05, 4.69) is 31.4 Å². The summed E-state index contributed by atoms with van der Waals surface area (Å²) in [5.41, 5.74) is 0.385. The molecule has 204 valence electrons. The van der Waals surface area contributed by atoms with Gasteiger partial charge < -0.3 is 20.1 Å². The number of nitrogens with one attached hydrogen (secondary N) is 2. The average Bonchev–Trinajstić information content (AvgIpc) is 2.78. The largest absolute Gasteiger partial charge is 0.464 e. The smallest absolute Gasteiger partial charge is 0.407 e. The van der Waals surface area contributed by atoms with E-state index in [1.165, 1.54) is 0 Å². The quantitative estimate of drug-likeness (QED) is 0.262. The maximum atomic E-state index is 13.5. The first-order chi connectivity index (χ1) is 16.7. The molecule has 0 radical (unpaired) electrons. The number of alkyl carbamates (subject to hydrolysis) is 1. The number of hydrogen-bond donors (Lipinski definition) is 2. The molecule has 1 aliphatic carbocycles. The van der Waals surface area contributed by atoms with E-state index < -0.39 is 29.6 Å². The topological polar surface area (TPSA) is 93.7 Å². The molecule has 7 nitrogen and oxygen atoms in total. The van der Waals surface area contributed by atoms with Gasteiger partial charge in [0.15, 0.2) is 0 Å². The Balaban J connectivity index is 3.05. The van der Waals surface area contributed by atoms with Gasteiger partial charge in [0.1, 0.15) is 11.6 Å². The summed E-state index contributed by atoms with van der Waals surface area (Å²) in [4.78, 5) is 38.5. The van der Waals surface area contributed by atoms with Crippen LogP contribution < -0.4 is 10.6 Å². The van der Waals surface area contributed by atoms with E-state index in [-0.39, 0.29) is 24.5 Å². The highest BCUT2D eigenvalue weighted by Crippen LogP contribution is 2.53. The zero-order valence-electron chi connectivity index (χ0n) is 23.8. The lowest BCUT2D eigenvalue weighted by molar-refractivity contribution is -0.148.